The summed E-state index contributed by atoms with van der Waals surface area (Å²) in [6.07, 6.45) is -1.51. The number of hydrogen-bond donors (Lipinski definition) is 2. The smallest absolute Gasteiger partial charge is 0.337 e. The predicted octanol–water partition coefficient (Wildman–Crippen LogP) is 1.33. The molecule has 1 aromatic rings. The third kappa shape index (κ3) is 3.30. The van der Waals surface area contributed by atoms with Crippen molar-refractivity contribution in [2.75, 3.05) is 6.61 Å². The molecule has 98 valence electrons. The van der Waals surface area contributed by atoms with Crippen LogP contribution in [0.2, 0.25) is 0 Å². The second kappa shape index (κ2) is 6.16. The van der Waals surface area contributed by atoms with Gasteiger partial charge in [0.25, 0.3) is 0 Å². The zero-order chi connectivity index (χ0) is 13.7. The van der Waals surface area contributed by atoms with Gasteiger partial charge in [-0.15, -0.1) is 0 Å². The van der Waals surface area contributed by atoms with E-state index >= 15 is 0 Å². The van der Waals surface area contributed by atoms with E-state index in [1.165, 1.54) is 13.0 Å². The number of carbonyl (C=O) groups excluding carboxylic acids is 1. The number of aliphatic carboxylic acids is 1. The van der Waals surface area contributed by atoms with Gasteiger partial charge < -0.3 is 14.9 Å². The zero-order valence-electron chi connectivity index (χ0n) is 10.3. The minimum atomic E-state index is -1.65. The molecule has 0 spiro atoms. The van der Waals surface area contributed by atoms with Gasteiger partial charge in [0.1, 0.15) is 11.5 Å². The molecule has 5 nitrogen and oxygen atoms in total. The fourth-order valence-electron chi connectivity index (χ4n) is 1.68. The molecule has 0 aliphatic carbocycles. The van der Waals surface area contributed by atoms with Crippen molar-refractivity contribution >= 4 is 11.8 Å². The summed E-state index contributed by atoms with van der Waals surface area (Å²) in [6.45, 7) is 3.52. The van der Waals surface area contributed by atoms with Crippen LogP contribution < -0.4 is 4.74 Å². The summed E-state index contributed by atoms with van der Waals surface area (Å²) < 4.78 is 5.36. The van der Waals surface area contributed by atoms with Gasteiger partial charge in [-0.25, -0.2) is 4.79 Å². The normalized spacial score (nSPS) is 11.9. The average Bonchev–Trinajstić information content (AvgIpc) is 2.30. The Kier molecular flexibility index (Phi) is 4.85. The first-order valence-corrected chi connectivity index (χ1v) is 5.62. The molecule has 0 aliphatic heterocycles. The van der Waals surface area contributed by atoms with Crippen molar-refractivity contribution in [3.63, 3.8) is 0 Å². The highest BCUT2D eigenvalue weighted by molar-refractivity contribution is 5.80. The molecule has 0 amide bonds. The van der Waals surface area contributed by atoms with Crippen molar-refractivity contribution in [1.82, 2.24) is 0 Å². The topological polar surface area (TPSA) is 83.8 Å². The maximum atomic E-state index is 11.2. The average molecular weight is 252 g/mol. The van der Waals surface area contributed by atoms with Gasteiger partial charge in [0.05, 0.1) is 6.61 Å². The zero-order valence-corrected chi connectivity index (χ0v) is 10.3. The lowest BCUT2D eigenvalue weighted by molar-refractivity contribution is -0.147. The number of aliphatic hydroxyl groups is 1. The fourth-order valence-corrected chi connectivity index (χ4v) is 1.68. The summed E-state index contributed by atoms with van der Waals surface area (Å²) in [7, 11) is 0. The Morgan fingerprint density at radius 2 is 2.06 bits per heavy atom. The largest absolute Gasteiger partial charge is 0.493 e. The van der Waals surface area contributed by atoms with Crippen molar-refractivity contribution < 1.29 is 24.5 Å². The monoisotopic (exact) mass is 252 g/mol. The number of benzene rings is 1. The summed E-state index contributed by atoms with van der Waals surface area (Å²) in [5.74, 6) is -1.13. The number of hydrogen-bond acceptors (Lipinski definition) is 4. The van der Waals surface area contributed by atoms with Crippen LogP contribution in [-0.2, 0) is 16.0 Å². The molecule has 2 N–H and O–H groups in total. The highest BCUT2D eigenvalue weighted by Crippen LogP contribution is 2.30. The van der Waals surface area contributed by atoms with Crippen LogP contribution in [0.4, 0.5) is 0 Å². The van der Waals surface area contributed by atoms with Gasteiger partial charge >= 0.3 is 5.97 Å². The molecule has 0 bridgehead atoms. The van der Waals surface area contributed by atoms with Crippen LogP contribution in [0.15, 0.2) is 18.2 Å². The number of aliphatic hydroxyl groups excluding tert-OH is 1. The van der Waals surface area contributed by atoms with Gasteiger partial charge in [0.15, 0.2) is 6.10 Å². The Morgan fingerprint density at radius 3 is 2.56 bits per heavy atom. The maximum Gasteiger partial charge on any atom is 0.337 e. The third-order valence-corrected chi connectivity index (χ3v) is 2.38. The van der Waals surface area contributed by atoms with Crippen LogP contribution in [0.25, 0.3) is 0 Å². The second-order valence-electron chi connectivity index (χ2n) is 3.89. The number of ether oxygens (including phenoxy) is 1. The summed E-state index contributed by atoms with van der Waals surface area (Å²) in [5, 5.41) is 18.4. The van der Waals surface area contributed by atoms with Gasteiger partial charge in [-0.3, -0.25) is 4.79 Å². The van der Waals surface area contributed by atoms with E-state index in [9.17, 15) is 14.7 Å². The summed E-state index contributed by atoms with van der Waals surface area (Å²) in [6, 6.07) is 4.76. The molecule has 0 saturated carbocycles. The summed E-state index contributed by atoms with van der Waals surface area (Å²) in [4.78, 5) is 22.0. The summed E-state index contributed by atoms with van der Waals surface area (Å²) >= 11 is 0. The highest BCUT2D eigenvalue weighted by Gasteiger charge is 2.22. The highest BCUT2D eigenvalue weighted by atomic mass is 16.5. The van der Waals surface area contributed by atoms with Crippen LogP contribution >= 0.6 is 0 Å². The van der Waals surface area contributed by atoms with Gasteiger partial charge in [-0.05, 0) is 13.8 Å². The second-order valence-corrected chi connectivity index (χ2v) is 3.89. The summed E-state index contributed by atoms with van der Waals surface area (Å²) in [5.41, 5.74) is 0.755. The van der Waals surface area contributed by atoms with E-state index in [1.54, 1.807) is 19.1 Å². The van der Waals surface area contributed by atoms with Gasteiger partial charge in [0.2, 0.25) is 0 Å². The Hall–Kier alpha value is -1.88. The van der Waals surface area contributed by atoms with Crippen LogP contribution in [-0.4, -0.2) is 28.6 Å². The standard InChI is InChI=1S/C13H16O5/c1-3-18-12-9(7-8(2)14)5-4-6-10(12)11(15)13(16)17/h4-6,11,15H,3,7H2,1-2H3,(H,16,17). The van der Waals surface area contributed by atoms with Crippen molar-refractivity contribution in [3.05, 3.63) is 29.3 Å². The molecule has 1 atom stereocenters. The molecular weight excluding hydrogens is 236 g/mol. The van der Waals surface area contributed by atoms with Gasteiger partial charge in [-0.1, -0.05) is 18.2 Å². The van der Waals surface area contributed by atoms with E-state index in [0.717, 1.165) is 0 Å². The number of Topliss-reactive ketones (excluding diaryl/α,β-unsaturated/α-hetero) is 1. The van der Waals surface area contributed by atoms with Crippen molar-refractivity contribution in [3.8, 4) is 5.75 Å². The molecule has 0 fully saturated rings. The van der Waals surface area contributed by atoms with E-state index in [1.807, 2.05) is 0 Å². The Bertz CT molecular complexity index is 453. The minimum Gasteiger partial charge on any atom is -0.493 e. The maximum absolute atomic E-state index is 11.2. The van der Waals surface area contributed by atoms with Crippen molar-refractivity contribution in [2.45, 2.75) is 26.4 Å². The molecule has 0 aromatic heterocycles. The number of ketones is 1. The third-order valence-electron chi connectivity index (χ3n) is 2.38. The van der Waals surface area contributed by atoms with Crippen LogP contribution in [0, 0.1) is 0 Å². The molecule has 5 heteroatoms. The van der Waals surface area contributed by atoms with Gasteiger partial charge in [0, 0.05) is 17.5 Å². The van der Waals surface area contributed by atoms with Crippen LogP contribution in [0.5, 0.6) is 5.75 Å². The van der Waals surface area contributed by atoms with E-state index in [4.69, 9.17) is 9.84 Å². The molecule has 0 aliphatic rings. The van der Waals surface area contributed by atoms with E-state index in [2.05, 4.69) is 0 Å². The molecule has 0 saturated heterocycles. The SMILES string of the molecule is CCOc1c(CC(C)=O)cccc1C(O)C(=O)O. The fraction of sp³-hybridized carbons (Fsp3) is 0.385. The molecule has 1 unspecified atom stereocenters. The number of carbonyl (C=O) groups is 2. The first kappa shape index (κ1) is 14.2. The van der Waals surface area contributed by atoms with Gasteiger partial charge in [-0.2, -0.15) is 0 Å². The molecule has 1 aromatic carbocycles. The van der Waals surface area contributed by atoms with E-state index in [-0.39, 0.29) is 23.5 Å². The lowest BCUT2D eigenvalue weighted by atomic mass is 10.0. The predicted molar refractivity (Wildman–Crippen MR) is 64.6 cm³/mol. The quantitative estimate of drug-likeness (QED) is 0.798. The first-order valence-electron chi connectivity index (χ1n) is 5.62. The Balaban J connectivity index is 3.24. The van der Waals surface area contributed by atoms with Crippen LogP contribution in [0.3, 0.4) is 0 Å². The molecule has 1 rings (SSSR count). The van der Waals surface area contributed by atoms with Crippen LogP contribution in [0.1, 0.15) is 31.1 Å². The molecule has 18 heavy (non-hydrogen) atoms. The number of carboxylic acids is 1. The number of rotatable bonds is 6. The lowest BCUT2D eigenvalue weighted by Gasteiger charge is -2.16. The Morgan fingerprint density at radius 1 is 1.39 bits per heavy atom. The van der Waals surface area contributed by atoms with Crippen molar-refractivity contribution in [2.24, 2.45) is 0 Å². The number of carboxylic acid groups (broad SMARTS) is 1. The molecular formula is C13H16O5. The Labute approximate surface area is 105 Å². The lowest BCUT2D eigenvalue weighted by Crippen LogP contribution is -2.14. The van der Waals surface area contributed by atoms with E-state index in [0.29, 0.717) is 12.2 Å². The van der Waals surface area contributed by atoms with Crippen molar-refractivity contribution in [1.29, 1.82) is 0 Å². The molecule has 0 heterocycles. The van der Waals surface area contributed by atoms with E-state index < -0.39 is 12.1 Å². The first-order chi connectivity index (χ1) is 8.47. The minimum absolute atomic E-state index is 0.0575. The molecule has 0 radical (unpaired) electrons. The number of para-hydroxylation sites is 1.